The van der Waals surface area contributed by atoms with E-state index < -0.39 is 0 Å². The Morgan fingerprint density at radius 3 is 2.80 bits per heavy atom. The number of nitrogens with zero attached hydrogens (tertiary/aromatic N) is 2. The Hall–Kier alpha value is -2.73. The minimum absolute atomic E-state index is 0.231. The zero-order valence-electron chi connectivity index (χ0n) is 13.4. The Kier molecular flexibility index (Phi) is 4.19. The van der Waals surface area contributed by atoms with E-state index in [4.69, 9.17) is 31.5 Å². The van der Waals surface area contributed by atoms with Crippen LogP contribution < -0.4 is 19.9 Å². The summed E-state index contributed by atoms with van der Waals surface area (Å²) in [5.41, 5.74) is 7.54. The van der Waals surface area contributed by atoms with E-state index in [9.17, 15) is 0 Å². The molecule has 7 heteroatoms. The summed E-state index contributed by atoms with van der Waals surface area (Å²) in [7, 11) is 0. The van der Waals surface area contributed by atoms with Gasteiger partial charge in [-0.3, -0.25) is 0 Å². The van der Waals surface area contributed by atoms with E-state index >= 15 is 0 Å². The van der Waals surface area contributed by atoms with Crippen molar-refractivity contribution < 1.29 is 14.2 Å². The molecule has 0 spiro atoms. The van der Waals surface area contributed by atoms with Gasteiger partial charge in [-0.1, -0.05) is 17.7 Å². The average Bonchev–Trinajstić information content (AvgIpc) is 3.22. The lowest BCUT2D eigenvalue weighted by Crippen LogP contribution is -2.12. The van der Waals surface area contributed by atoms with E-state index in [2.05, 4.69) is 10.2 Å². The molecular weight excluding hydrogens is 342 g/mol. The van der Waals surface area contributed by atoms with Crippen LogP contribution in [0, 0.1) is 0 Å². The molecule has 0 saturated heterocycles. The van der Waals surface area contributed by atoms with Gasteiger partial charge in [-0.15, -0.1) is 5.10 Å². The molecule has 0 amide bonds. The standard InChI is InChI=1S/C18H16ClN3O3/c19-14-2-1-3-15(13(14)6-4-11-8-18(20)22-21-11)25-12-5-7-16-17(9-12)24-10-23-16/h1-3,5,7,9H,4,6,8,10H2,(H2,20,22). The van der Waals surface area contributed by atoms with Crippen molar-refractivity contribution in [2.75, 3.05) is 6.79 Å². The second-order valence-corrected chi connectivity index (χ2v) is 6.18. The molecule has 0 bridgehead atoms. The summed E-state index contributed by atoms with van der Waals surface area (Å²) in [4.78, 5) is 0. The lowest BCUT2D eigenvalue weighted by atomic mass is 10.0. The van der Waals surface area contributed by atoms with Gasteiger partial charge in [-0.2, -0.15) is 5.10 Å². The van der Waals surface area contributed by atoms with Crippen molar-refractivity contribution in [3.05, 3.63) is 47.0 Å². The maximum Gasteiger partial charge on any atom is 0.231 e. The molecular formula is C18H16ClN3O3. The second-order valence-electron chi connectivity index (χ2n) is 5.77. The smallest absolute Gasteiger partial charge is 0.231 e. The summed E-state index contributed by atoms with van der Waals surface area (Å²) in [6, 6.07) is 11.1. The summed E-state index contributed by atoms with van der Waals surface area (Å²) in [5, 5.41) is 8.61. The first-order chi connectivity index (χ1) is 12.2. The normalized spacial score (nSPS) is 15.1. The highest BCUT2D eigenvalue weighted by Gasteiger charge is 2.17. The number of hydrogen-bond acceptors (Lipinski definition) is 6. The summed E-state index contributed by atoms with van der Waals surface area (Å²) in [6.45, 7) is 0.231. The summed E-state index contributed by atoms with van der Waals surface area (Å²) in [5.74, 6) is 3.31. The van der Waals surface area contributed by atoms with Crippen molar-refractivity contribution in [3.8, 4) is 23.0 Å². The van der Waals surface area contributed by atoms with Gasteiger partial charge in [0.25, 0.3) is 0 Å². The van der Waals surface area contributed by atoms with Gasteiger partial charge in [0, 0.05) is 28.8 Å². The molecule has 128 valence electrons. The van der Waals surface area contributed by atoms with Crippen LogP contribution in [0.2, 0.25) is 5.02 Å². The molecule has 0 radical (unpaired) electrons. The molecule has 2 heterocycles. The zero-order valence-corrected chi connectivity index (χ0v) is 14.1. The highest BCUT2D eigenvalue weighted by Crippen LogP contribution is 2.38. The fourth-order valence-corrected chi connectivity index (χ4v) is 3.03. The number of nitrogens with two attached hydrogens (primary N) is 1. The Morgan fingerprint density at radius 2 is 1.96 bits per heavy atom. The van der Waals surface area contributed by atoms with Crippen molar-refractivity contribution in [3.63, 3.8) is 0 Å². The van der Waals surface area contributed by atoms with Gasteiger partial charge in [0.05, 0.1) is 0 Å². The minimum Gasteiger partial charge on any atom is -0.457 e. The van der Waals surface area contributed by atoms with Crippen molar-refractivity contribution in [2.24, 2.45) is 15.9 Å². The number of halogens is 1. The monoisotopic (exact) mass is 357 g/mol. The van der Waals surface area contributed by atoms with Gasteiger partial charge < -0.3 is 19.9 Å². The highest BCUT2D eigenvalue weighted by atomic mass is 35.5. The summed E-state index contributed by atoms with van der Waals surface area (Å²) < 4.78 is 16.7. The van der Waals surface area contributed by atoms with Gasteiger partial charge in [0.2, 0.25) is 6.79 Å². The maximum atomic E-state index is 6.39. The summed E-state index contributed by atoms with van der Waals surface area (Å²) >= 11 is 6.39. The number of benzene rings is 2. The second kappa shape index (κ2) is 6.64. The predicted molar refractivity (Wildman–Crippen MR) is 96.1 cm³/mol. The Balaban J connectivity index is 1.52. The lowest BCUT2D eigenvalue weighted by molar-refractivity contribution is 0.174. The molecule has 0 atom stereocenters. The predicted octanol–water partition coefficient (Wildman–Crippen LogP) is 3.91. The molecule has 2 aromatic carbocycles. The van der Waals surface area contributed by atoms with Crippen molar-refractivity contribution in [2.45, 2.75) is 19.3 Å². The summed E-state index contributed by atoms with van der Waals surface area (Å²) in [6.07, 6.45) is 2.04. The quantitative estimate of drug-likeness (QED) is 0.879. The van der Waals surface area contributed by atoms with Crippen LogP contribution in [0.4, 0.5) is 0 Å². The van der Waals surface area contributed by atoms with Gasteiger partial charge in [-0.05, 0) is 37.1 Å². The molecule has 2 N–H and O–H groups in total. The average molecular weight is 358 g/mol. The van der Waals surface area contributed by atoms with Gasteiger partial charge in [-0.25, -0.2) is 0 Å². The largest absolute Gasteiger partial charge is 0.457 e. The van der Waals surface area contributed by atoms with Crippen LogP contribution in [-0.2, 0) is 6.42 Å². The molecule has 0 aliphatic carbocycles. The number of amidine groups is 1. The Bertz CT molecular complexity index is 880. The van der Waals surface area contributed by atoms with Crippen LogP contribution in [0.3, 0.4) is 0 Å². The fourth-order valence-electron chi connectivity index (χ4n) is 2.77. The molecule has 0 unspecified atom stereocenters. The number of ether oxygens (including phenoxy) is 3. The molecule has 0 fully saturated rings. The van der Waals surface area contributed by atoms with Crippen LogP contribution in [0.15, 0.2) is 46.6 Å². The molecule has 4 rings (SSSR count). The zero-order chi connectivity index (χ0) is 17.2. The Labute approximate surface area is 149 Å². The first-order valence-corrected chi connectivity index (χ1v) is 8.29. The van der Waals surface area contributed by atoms with Crippen LogP contribution in [0.5, 0.6) is 23.0 Å². The SMILES string of the molecule is NC1=NN=C(CCc2c(Cl)cccc2Oc2ccc3c(c2)OCO3)C1. The molecule has 25 heavy (non-hydrogen) atoms. The highest BCUT2D eigenvalue weighted by molar-refractivity contribution is 6.31. The Morgan fingerprint density at radius 1 is 1.08 bits per heavy atom. The van der Waals surface area contributed by atoms with E-state index in [1.807, 2.05) is 36.4 Å². The molecule has 0 saturated carbocycles. The van der Waals surface area contributed by atoms with Gasteiger partial charge in [0.15, 0.2) is 11.5 Å². The fraction of sp³-hybridized carbons (Fsp3) is 0.222. The van der Waals surface area contributed by atoms with Crippen molar-refractivity contribution >= 4 is 23.1 Å². The van der Waals surface area contributed by atoms with Crippen molar-refractivity contribution in [1.82, 2.24) is 0 Å². The molecule has 2 aliphatic rings. The minimum atomic E-state index is 0.231. The van der Waals surface area contributed by atoms with Crippen LogP contribution in [0.1, 0.15) is 18.4 Å². The van der Waals surface area contributed by atoms with Gasteiger partial charge in [0.1, 0.15) is 17.3 Å². The topological polar surface area (TPSA) is 78.4 Å². The van der Waals surface area contributed by atoms with E-state index in [1.54, 1.807) is 0 Å². The molecule has 6 nitrogen and oxygen atoms in total. The van der Waals surface area contributed by atoms with Crippen LogP contribution in [0.25, 0.3) is 0 Å². The number of hydrogen-bond donors (Lipinski definition) is 1. The first-order valence-electron chi connectivity index (χ1n) is 7.91. The third kappa shape index (κ3) is 3.39. The van der Waals surface area contributed by atoms with E-state index in [1.165, 1.54) is 0 Å². The molecule has 2 aliphatic heterocycles. The van der Waals surface area contributed by atoms with E-state index in [0.29, 0.717) is 40.9 Å². The molecule has 0 aromatic heterocycles. The van der Waals surface area contributed by atoms with Crippen LogP contribution >= 0.6 is 11.6 Å². The third-order valence-electron chi connectivity index (χ3n) is 4.02. The van der Waals surface area contributed by atoms with Crippen LogP contribution in [-0.4, -0.2) is 18.3 Å². The van der Waals surface area contributed by atoms with E-state index in [0.717, 1.165) is 23.4 Å². The van der Waals surface area contributed by atoms with Gasteiger partial charge >= 0.3 is 0 Å². The maximum absolute atomic E-state index is 6.39. The first kappa shape index (κ1) is 15.8. The number of rotatable bonds is 5. The third-order valence-corrected chi connectivity index (χ3v) is 4.37. The van der Waals surface area contributed by atoms with E-state index in [-0.39, 0.29) is 6.79 Å². The van der Waals surface area contributed by atoms with Crippen molar-refractivity contribution in [1.29, 1.82) is 0 Å². The number of fused-ring (bicyclic) bond motifs is 1. The molecule has 2 aromatic rings. The lowest BCUT2D eigenvalue weighted by Gasteiger charge is -2.13.